The van der Waals surface area contributed by atoms with E-state index in [0.29, 0.717) is 6.04 Å². The minimum Gasteiger partial charge on any atom is -0.497 e. The van der Waals surface area contributed by atoms with E-state index in [1.54, 1.807) is 7.11 Å². The van der Waals surface area contributed by atoms with Crippen molar-refractivity contribution in [1.82, 2.24) is 0 Å². The Bertz CT molecular complexity index is 390. The highest BCUT2D eigenvalue weighted by Crippen LogP contribution is 2.33. The lowest BCUT2D eigenvalue weighted by Gasteiger charge is -2.38. The van der Waals surface area contributed by atoms with E-state index in [4.69, 9.17) is 10.5 Å². The molecule has 1 aliphatic rings. The van der Waals surface area contributed by atoms with Crippen molar-refractivity contribution in [2.45, 2.75) is 45.1 Å². The van der Waals surface area contributed by atoms with Gasteiger partial charge in [-0.15, -0.1) is 0 Å². The van der Waals surface area contributed by atoms with Crippen molar-refractivity contribution in [1.29, 1.82) is 0 Å². The van der Waals surface area contributed by atoms with Gasteiger partial charge in [0.25, 0.3) is 0 Å². The molecule has 1 atom stereocenters. The van der Waals surface area contributed by atoms with Gasteiger partial charge < -0.3 is 15.4 Å². The van der Waals surface area contributed by atoms with Gasteiger partial charge in [-0.1, -0.05) is 13.3 Å². The predicted octanol–water partition coefficient (Wildman–Crippen LogP) is 3.44. The fraction of sp³-hybridized carbons (Fsp3) is 0.600. The van der Waals surface area contributed by atoms with Crippen molar-refractivity contribution in [2.24, 2.45) is 0 Å². The van der Waals surface area contributed by atoms with Crippen LogP contribution < -0.4 is 15.4 Å². The summed E-state index contributed by atoms with van der Waals surface area (Å²) in [4.78, 5) is 2.49. The third-order valence-corrected chi connectivity index (χ3v) is 3.79. The van der Waals surface area contributed by atoms with Crippen LogP contribution in [0, 0.1) is 0 Å². The third kappa shape index (κ3) is 2.71. The van der Waals surface area contributed by atoms with Crippen LogP contribution in [0.25, 0.3) is 0 Å². The molecular formula is C15H24N2O. The zero-order valence-corrected chi connectivity index (χ0v) is 11.5. The molecule has 1 fully saturated rings. The van der Waals surface area contributed by atoms with E-state index in [2.05, 4.69) is 17.9 Å². The maximum atomic E-state index is 6.16. The van der Waals surface area contributed by atoms with Crippen molar-refractivity contribution in [2.75, 3.05) is 24.3 Å². The summed E-state index contributed by atoms with van der Waals surface area (Å²) in [5.41, 5.74) is 8.17. The van der Waals surface area contributed by atoms with Gasteiger partial charge in [0.05, 0.1) is 18.5 Å². The van der Waals surface area contributed by atoms with E-state index < -0.39 is 0 Å². The van der Waals surface area contributed by atoms with Crippen LogP contribution in [0.1, 0.15) is 39.0 Å². The van der Waals surface area contributed by atoms with E-state index in [1.165, 1.54) is 37.8 Å². The van der Waals surface area contributed by atoms with Gasteiger partial charge in [0.1, 0.15) is 5.75 Å². The summed E-state index contributed by atoms with van der Waals surface area (Å²) in [5.74, 6) is 0.834. The van der Waals surface area contributed by atoms with Crippen molar-refractivity contribution in [3.05, 3.63) is 18.2 Å². The Kier molecular flexibility index (Phi) is 4.34. The lowest BCUT2D eigenvalue weighted by Crippen LogP contribution is -2.39. The number of piperidine rings is 1. The Labute approximate surface area is 110 Å². The minimum atomic E-state index is 0.652. The van der Waals surface area contributed by atoms with E-state index >= 15 is 0 Å². The lowest BCUT2D eigenvalue weighted by atomic mass is 9.97. The van der Waals surface area contributed by atoms with Crippen LogP contribution in [0.2, 0.25) is 0 Å². The van der Waals surface area contributed by atoms with Gasteiger partial charge in [-0.3, -0.25) is 0 Å². The Hall–Kier alpha value is -1.38. The molecule has 1 aliphatic heterocycles. The first-order valence-electron chi connectivity index (χ1n) is 6.96. The van der Waals surface area contributed by atoms with Crippen molar-refractivity contribution >= 4 is 11.4 Å². The van der Waals surface area contributed by atoms with Gasteiger partial charge in [0.15, 0.2) is 0 Å². The molecule has 0 bridgehead atoms. The van der Waals surface area contributed by atoms with Crippen LogP contribution in [-0.2, 0) is 0 Å². The monoisotopic (exact) mass is 248 g/mol. The SMILES string of the molecule is CCCC1CCCCN1c1ccc(OC)cc1N. The molecule has 0 saturated carbocycles. The van der Waals surface area contributed by atoms with Crippen molar-refractivity contribution in [3.63, 3.8) is 0 Å². The van der Waals surface area contributed by atoms with E-state index in [-0.39, 0.29) is 0 Å². The summed E-state index contributed by atoms with van der Waals surface area (Å²) in [6.45, 7) is 3.38. The Balaban J connectivity index is 2.22. The quantitative estimate of drug-likeness (QED) is 0.830. The molecule has 1 aromatic rings. The van der Waals surface area contributed by atoms with E-state index in [9.17, 15) is 0 Å². The fourth-order valence-corrected chi connectivity index (χ4v) is 2.87. The maximum Gasteiger partial charge on any atom is 0.121 e. The summed E-state index contributed by atoms with van der Waals surface area (Å²) in [7, 11) is 1.68. The van der Waals surface area contributed by atoms with Gasteiger partial charge in [0, 0.05) is 18.7 Å². The molecule has 0 amide bonds. The van der Waals surface area contributed by atoms with E-state index in [0.717, 1.165) is 18.0 Å². The highest BCUT2D eigenvalue weighted by Gasteiger charge is 2.23. The second-order valence-electron chi connectivity index (χ2n) is 5.06. The first-order valence-corrected chi connectivity index (χ1v) is 6.96. The van der Waals surface area contributed by atoms with Gasteiger partial charge >= 0.3 is 0 Å². The maximum absolute atomic E-state index is 6.16. The molecule has 0 spiro atoms. The van der Waals surface area contributed by atoms with Crippen molar-refractivity contribution in [3.8, 4) is 5.75 Å². The first-order chi connectivity index (χ1) is 8.76. The second-order valence-corrected chi connectivity index (χ2v) is 5.06. The van der Waals surface area contributed by atoms with Gasteiger partial charge in [-0.2, -0.15) is 0 Å². The zero-order chi connectivity index (χ0) is 13.0. The number of hydrogen-bond donors (Lipinski definition) is 1. The fourth-order valence-electron chi connectivity index (χ4n) is 2.87. The lowest BCUT2D eigenvalue weighted by molar-refractivity contribution is 0.414. The summed E-state index contributed by atoms with van der Waals surface area (Å²) in [6.07, 6.45) is 6.39. The molecule has 1 saturated heterocycles. The summed E-state index contributed by atoms with van der Waals surface area (Å²) in [6, 6.07) is 6.68. The molecule has 3 nitrogen and oxygen atoms in total. The highest BCUT2D eigenvalue weighted by molar-refractivity contribution is 5.70. The number of nitrogen functional groups attached to an aromatic ring is 1. The number of hydrogen-bond acceptors (Lipinski definition) is 3. The zero-order valence-electron chi connectivity index (χ0n) is 11.5. The Morgan fingerprint density at radius 3 is 2.89 bits per heavy atom. The van der Waals surface area contributed by atoms with Gasteiger partial charge in [-0.05, 0) is 37.8 Å². The average molecular weight is 248 g/mol. The van der Waals surface area contributed by atoms with Crippen LogP contribution >= 0.6 is 0 Å². The number of nitrogens with two attached hydrogens (primary N) is 1. The molecule has 18 heavy (non-hydrogen) atoms. The number of benzene rings is 1. The van der Waals surface area contributed by atoms with Crippen LogP contribution in [-0.4, -0.2) is 19.7 Å². The topological polar surface area (TPSA) is 38.5 Å². The summed E-state index contributed by atoms with van der Waals surface area (Å²) >= 11 is 0. The molecule has 0 radical (unpaired) electrons. The molecular weight excluding hydrogens is 224 g/mol. The number of ether oxygens (including phenoxy) is 1. The molecule has 1 heterocycles. The third-order valence-electron chi connectivity index (χ3n) is 3.79. The normalized spacial score (nSPS) is 19.9. The molecule has 0 aromatic heterocycles. The number of methoxy groups -OCH3 is 1. The highest BCUT2D eigenvalue weighted by atomic mass is 16.5. The van der Waals surface area contributed by atoms with Crippen LogP contribution in [0.4, 0.5) is 11.4 Å². The molecule has 2 rings (SSSR count). The molecule has 3 heteroatoms. The second kappa shape index (κ2) is 5.98. The van der Waals surface area contributed by atoms with Crippen LogP contribution in [0.3, 0.4) is 0 Å². The molecule has 0 aliphatic carbocycles. The summed E-state index contributed by atoms with van der Waals surface area (Å²) in [5, 5.41) is 0. The smallest absolute Gasteiger partial charge is 0.121 e. The number of nitrogens with zero attached hydrogens (tertiary/aromatic N) is 1. The standard InChI is InChI=1S/C15H24N2O/c1-3-6-12-7-4-5-10-17(12)15-9-8-13(18-2)11-14(15)16/h8-9,11-12H,3-7,10,16H2,1-2H3. The predicted molar refractivity (Wildman–Crippen MR) is 77.3 cm³/mol. The van der Waals surface area contributed by atoms with Crippen molar-refractivity contribution < 1.29 is 4.74 Å². The molecule has 100 valence electrons. The number of anilines is 2. The Morgan fingerprint density at radius 2 is 2.22 bits per heavy atom. The number of rotatable bonds is 4. The van der Waals surface area contributed by atoms with Crippen LogP contribution in [0.5, 0.6) is 5.75 Å². The van der Waals surface area contributed by atoms with Crippen LogP contribution in [0.15, 0.2) is 18.2 Å². The van der Waals surface area contributed by atoms with E-state index in [1.807, 2.05) is 12.1 Å². The first kappa shape index (κ1) is 13.1. The molecule has 1 aromatic carbocycles. The molecule has 1 unspecified atom stereocenters. The minimum absolute atomic E-state index is 0.652. The average Bonchev–Trinajstić information content (AvgIpc) is 2.40. The Morgan fingerprint density at radius 1 is 1.39 bits per heavy atom. The van der Waals surface area contributed by atoms with Gasteiger partial charge in [-0.25, -0.2) is 0 Å². The molecule has 2 N–H and O–H groups in total. The largest absolute Gasteiger partial charge is 0.497 e. The van der Waals surface area contributed by atoms with Gasteiger partial charge in [0.2, 0.25) is 0 Å². The summed E-state index contributed by atoms with van der Waals surface area (Å²) < 4.78 is 5.21.